The maximum absolute atomic E-state index is 13.3. The van der Waals surface area contributed by atoms with Crippen molar-refractivity contribution in [3.8, 4) is 5.75 Å². The van der Waals surface area contributed by atoms with Gasteiger partial charge in [-0.15, -0.1) is 0 Å². The summed E-state index contributed by atoms with van der Waals surface area (Å²) in [6.07, 6.45) is 0.0527. The standard InChI is InChI=1S/C31H34BrF3N4O3/c1-3-42-37-28(20-4-6-24(32)7-5-20)21-8-12-39(13-9-21)30(2)10-14-38(15-11-30)29(41)23-16-22-17-25(31(33,34)35)27(40)18-26(22)36-19-23/h4-7,16-19,37,40H,3,8-15H2,1-2H3. The monoisotopic (exact) mass is 646 g/mol. The molecule has 11 heteroatoms. The van der Waals surface area contributed by atoms with Crippen molar-refractivity contribution in [2.45, 2.75) is 51.2 Å². The average Bonchev–Trinajstić information content (AvgIpc) is 2.97. The molecule has 0 bridgehead atoms. The first-order valence-corrected chi connectivity index (χ1v) is 14.9. The minimum atomic E-state index is -4.71. The molecule has 0 saturated carbocycles. The quantitative estimate of drug-likeness (QED) is 0.288. The molecule has 3 aromatic rings. The van der Waals surface area contributed by atoms with Gasteiger partial charge in [-0.3, -0.25) is 25.0 Å². The number of carbonyl (C=O) groups excluding carboxylic acids is 1. The highest BCUT2D eigenvalue weighted by molar-refractivity contribution is 9.10. The molecule has 3 heterocycles. The number of hydrogen-bond donors (Lipinski definition) is 2. The summed E-state index contributed by atoms with van der Waals surface area (Å²) in [5.41, 5.74) is 5.82. The van der Waals surface area contributed by atoms with Gasteiger partial charge in [-0.1, -0.05) is 28.1 Å². The third-order valence-corrected chi connectivity index (χ3v) is 8.94. The van der Waals surface area contributed by atoms with Crippen molar-refractivity contribution < 1.29 is 27.9 Å². The fourth-order valence-electron chi connectivity index (χ4n) is 5.86. The number of aromatic hydroxyl groups is 1. The predicted octanol–water partition coefficient (Wildman–Crippen LogP) is 6.76. The molecule has 1 amide bonds. The number of hydrogen-bond acceptors (Lipinski definition) is 6. The van der Waals surface area contributed by atoms with E-state index in [1.165, 1.54) is 17.8 Å². The van der Waals surface area contributed by atoms with Gasteiger partial charge < -0.3 is 10.0 Å². The van der Waals surface area contributed by atoms with Gasteiger partial charge in [0.1, 0.15) is 5.75 Å². The van der Waals surface area contributed by atoms with Crippen LogP contribution in [0.5, 0.6) is 5.75 Å². The number of phenols is 1. The molecule has 2 N–H and O–H groups in total. The lowest BCUT2D eigenvalue weighted by Gasteiger charge is -2.48. The number of phenolic OH excluding ortho intramolecular Hbond substituents is 1. The van der Waals surface area contributed by atoms with Crippen molar-refractivity contribution in [3.63, 3.8) is 0 Å². The van der Waals surface area contributed by atoms with E-state index in [1.54, 1.807) is 4.90 Å². The average molecular weight is 648 g/mol. The van der Waals surface area contributed by atoms with Gasteiger partial charge in [0, 0.05) is 53.8 Å². The van der Waals surface area contributed by atoms with Gasteiger partial charge in [0.2, 0.25) is 0 Å². The van der Waals surface area contributed by atoms with E-state index in [1.807, 2.05) is 19.1 Å². The summed E-state index contributed by atoms with van der Waals surface area (Å²) in [5, 5.41) is 9.93. The summed E-state index contributed by atoms with van der Waals surface area (Å²) >= 11 is 3.50. The lowest BCUT2D eigenvalue weighted by atomic mass is 9.85. The van der Waals surface area contributed by atoms with Crippen LogP contribution in [-0.4, -0.2) is 64.1 Å². The second-order valence-corrected chi connectivity index (χ2v) is 12.0. The first-order valence-electron chi connectivity index (χ1n) is 14.1. The van der Waals surface area contributed by atoms with Crippen LogP contribution < -0.4 is 5.48 Å². The Bertz CT molecular complexity index is 1480. The maximum atomic E-state index is 13.3. The van der Waals surface area contributed by atoms with E-state index in [0.717, 1.165) is 66.6 Å². The fraction of sp³-hybridized carbons (Fsp3) is 0.419. The minimum Gasteiger partial charge on any atom is -0.507 e. The van der Waals surface area contributed by atoms with Crippen LogP contribution in [0.15, 0.2) is 58.7 Å². The Labute approximate surface area is 251 Å². The molecule has 0 radical (unpaired) electrons. The number of fused-ring (bicyclic) bond motifs is 1. The van der Waals surface area contributed by atoms with Crippen molar-refractivity contribution in [1.29, 1.82) is 0 Å². The number of carbonyl (C=O) groups is 1. The van der Waals surface area contributed by atoms with Crippen LogP contribution in [-0.2, 0) is 11.0 Å². The summed E-state index contributed by atoms with van der Waals surface area (Å²) in [6.45, 7) is 7.65. The van der Waals surface area contributed by atoms with E-state index in [2.05, 4.69) is 50.4 Å². The molecular weight excluding hydrogens is 613 g/mol. The Morgan fingerprint density at radius 3 is 2.36 bits per heavy atom. The highest BCUT2D eigenvalue weighted by Crippen LogP contribution is 2.38. The number of halogens is 4. The number of rotatable bonds is 6. The molecule has 2 saturated heterocycles. The molecule has 2 fully saturated rings. The van der Waals surface area contributed by atoms with Gasteiger partial charge in [-0.2, -0.15) is 13.2 Å². The number of likely N-dealkylation sites (tertiary alicyclic amines) is 2. The smallest absolute Gasteiger partial charge is 0.419 e. The second kappa shape index (κ2) is 12.2. The number of aromatic nitrogens is 1. The highest BCUT2D eigenvalue weighted by Gasteiger charge is 2.38. The molecule has 2 aliphatic heterocycles. The number of hydroxylamine groups is 1. The number of nitrogens with zero attached hydrogens (tertiary/aromatic N) is 3. The van der Waals surface area contributed by atoms with Gasteiger partial charge in [0.25, 0.3) is 5.91 Å². The molecule has 1 aromatic heterocycles. The van der Waals surface area contributed by atoms with Crippen molar-refractivity contribution >= 4 is 38.4 Å². The number of nitrogens with one attached hydrogen (secondary N) is 1. The normalized spacial score (nSPS) is 17.9. The van der Waals surface area contributed by atoms with E-state index in [-0.39, 0.29) is 27.9 Å². The van der Waals surface area contributed by atoms with Crippen molar-refractivity contribution in [2.75, 3.05) is 32.8 Å². The van der Waals surface area contributed by atoms with Crippen LogP contribution in [0.2, 0.25) is 0 Å². The summed E-state index contributed by atoms with van der Waals surface area (Å²) < 4.78 is 40.9. The second-order valence-electron chi connectivity index (χ2n) is 11.1. The molecule has 2 aliphatic rings. The number of benzene rings is 2. The lowest BCUT2D eigenvalue weighted by Crippen LogP contribution is -2.56. The maximum Gasteiger partial charge on any atom is 0.419 e. The van der Waals surface area contributed by atoms with E-state index in [0.29, 0.717) is 19.7 Å². The van der Waals surface area contributed by atoms with E-state index >= 15 is 0 Å². The Morgan fingerprint density at radius 1 is 1.07 bits per heavy atom. The van der Waals surface area contributed by atoms with Gasteiger partial charge in [-0.05, 0) is 74.9 Å². The highest BCUT2D eigenvalue weighted by atomic mass is 79.9. The number of amides is 1. The number of pyridine rings is 1. The Hall–Kier alpha value is -3.15. The lowest BCUT2D eigenvalue weighted by molar-refractivity contribution is -0.138. The molecule has 42 heavy (non-hydrogen) atoms. The largest absolute Gasteiger partial charge is 0.507 e. The Kier molecular flexibility index (Phi) is 8.82. The van der Waals surface area contributed by atoms with Crippen LogP contribution in [0, 0.1) is 0 Å². The molecule has 224 valence electrons. The molecule has 7 nitrogen and oxygen atoms in total. The molecule has 0 unspecified atom stereocenters. The molecular formula is C31H34BrF3N4O3. The first kappa shape index (κ1) is 30.3. The van der Waals surface area contributed by atoms with Crippen molar-refractivity contribution in [3.05, 3.63) is 75.4 Å². The third-order valence-electron chi connectivity index (χ3n) is 8.41. The zero-order valence-corrected chi connectivity index (χ0v) is 25.2. The molecule has 0 aliphatic carbocycles. The molecule has 0 spiro atoms. The Balaban J connectivity index is 1.24. The van der Waals surface area contributed by atoms with Crippen LogP contribution in [0.25, 0.3) is 16.6 Å². The van der Waals surface area contributed by atoms with Crippen LogP contribution >= 0.6 is 15.9 Å². The topological polar surface area (TPSA) is 77.9 Å². The zero-order valence-electron chi connectivity index (χ0n) is 23.6. The fourth-order valence-corrected chi connectivity index (χ4v) is 6.13. The molecule has 0 atom stereocenters. The zero-order chi connectivity index (χ0) is 30.1. The third kappa shape index (κ3) is 6.43. The van der Waals surface area contributed by atoms with Gasteiger partial charge in [-0.25, -0.2) is 0 Å². The van der Waals surface area contributed by atoms with Gasteiger partial charge in [0.05, 0.1) is 28.9 Å². The Morgan fingerprint density at radius 2 is 1.74 bits per heavy atom. The SMILES string of the molecule is CCONC(=C1CCN(C2(C)CCN(C(=O)c3cnc4cc(O)c(C(F)(F)F)cc4c3)CC2)CC1)c1ccc(Br)cc1. The summed E-state index contributed by atoms with van der Waals surface area (Å²) in [5.74, 6) is -1.13. The van der Waals surface area contributed by atoms with Crippen molar-refractivity contribution in [1.82, 2.24) is 20.3 Å². The summed E-state index contributed by atoms with van der Waals surface area (Å²) in [7, 11) is 0. The first-order chi connectivity index (χ1) is 20.0. The van der Waals surface area contributed by atoms with Crippen LogP contribution in [0.4, 0.5) is 13.2 Å². The van der Waals surface area contributed by atoms with Gasteiger partial charge >= 0.3 is 6.18 Å². The molecule has 2 aromatic carbocycles. The van der Waals surface area contributed by atoms with E-state index in [4.69, 9.17) is 4.84 Å². The van der Waals surface area contributed by atoms with Crippen LogP contribution in [0.3, 0.4) is 0 Å². The predicted molar refractivity (Wildman–Crippen MR) is 159 cm³/mol. The summed E-state index contributed by atoms with van der Waals surface area (Å²) in [6, 6.07) is 11.4. The minimum absolute atomic E-state index is 0.0613. The number of piperidine rings is 2. The number of alkyl halides is 3. The van der Waals surface area contributed by atoms with E-state index in [9.17, 15) is 23.1 Å². The van der Waals surface area contributed by atoms with Crippen LogP contribution in [0.1, 0.15) is 61.0 Å². The van der Waals surface area contributed by atoms with Crippen molar-refractivity contribution in [2.24, 2.45) is 0 Å². The summed E-state index contributed by atoms with van der Waals surface area (Å²) in [4.78, 5) is 27.3. The molecule has 5 rings (SSSR count). The van der Waals surface area contributed by atoms with Gasteiger partial charge in [0.15, 0.2) is 0 Å². The van der Waals surface area contributed by atoms with E-state index < -0.39 is 17.5 Å².